The monoisotopic (exact) mass is 488 g/mol. The van der Waals surface area contributed by atoms with Crippen LogP contribution in [0.3, 0.4) is 0 Å². The first kappa shape index (κ1) is 20.4. The molecule has 1 amide bonds. The van der Waals surface area contributed by atoms with Gasteiger partial charge in [-0.15, -0.1) is 0 Å². The third-order valence-electron chi connectivity index (χ3n) is 6.45. The third kappa shape index (κ3) is 4.05. The molecule has 0 spiro atoms. The topological polar surface area (TPSA) is 68.3 Å². The average Bonchev–Trinajstić information content (AvgIpc) is 2.58. The van der Waals surface area contributed by atoms with Crippen molar-refractivity contribution < 1.29 is 14.3 Å². The average molecular weight is 490 g/mol. The van der Waals surface area contributed by atoms with E-state index in [1.807, 2.05) is 0 Å². The minimum absolute atomic E-state index is 0.0271. The van der Waals surface area contributed by atoms with Crippen molar-refractivity contribution in [3.8, 4) is 0 Å². The molecule has 0 aliphatic heterocycles. The Kier molecular flexibility index (Phi) is 5.43. The van der Waals surface area contributed by atoms with Gasteiger partial charge < -0.3 is 10.1 Å². The van der Waals surface area contributed by atoms with Gasteiger partial charge in [0.2, 0.25) is 0 Å². The summed E-state index contributed by atoms with van der Waals surface area (Å²) in [5, 5.41) is 3.28. The van der Waals surface area contributed by atoms with Gasteiger partial charge in [0.05, 0.1) is 16.5 Å². The van der Waals surface area contributed by atoms with E-state index in [2.05, 4.69) is 26.2 Å². The number of alkyl halides is 1. The molecule has 5 nitrogen and oxygen atoms in total. The molecular weight excluding hydrogens is 467 g/mol. The number of rotatable bonds is 5. The van der Waals surface area contributed by atoms with Crippen molar-refractivity contribution >= 4 is 56.8 Å². The molecule has 152 valence electrons. The molecule has 1 N–H and O–H groups in total. The summed E-state index contributed by atoms with van der Waals surface area (Å²) in [5.41, 5.74) is 0.662. The molecule has 8 heteroatoms. The number of ether oxygens (including phenoxy) is 1. The highest BCUT2D eigenvalue weighted by Gasteiger charge is 2.57. The second-order valence-corrected chi connectivity index (χ2v) is 11.4. The fraction of sp³-hybridized carbons (Fsp3) is 0.650. The normalized spacial score (nSPS) is 33.0. The summed E-state index contributed by atoms with van der Waals surface area (Å²) in [6.07, 6.45) is 8.77. The van der Waals surface area contributed by atoms with Gasteiger partial charge in [-0.3, -0.25) is 9.59 Å². The number of carbonyl (C=O) groups excluding carboxylic acids is 2. The van der Waals surface area contributed by atoms with Gasteiger partial charge in [0.25, 0.3) is 5.91 Å². The molecule has 5 rings (SSSR count). The van der Waals surface area contributed by atoms with Crippen LogP contribution in [0.2, 0.25) is 10.0 Å². The van der Waals surface area contributed by atoms with Crippen LogP contribution in [-0.2, 0) is 14.3 Å². The standard InChI is InChI=1S/C20H23BrCl2N2O3/c1-11-14(22)8-24-18(17(11)23)25-15(26)9-28-16(27)7-19-3-12-2-13(4-19)6-20(21,5-12)10-19/h8,12-13H,2-7,9-10H2,1H3,(H,24,25,26)/t12-,13-,19?,20?/m1/s1. The summed E-state index contributed by atoms with van der Waals surface area (Å²) in [4.78, 5) is 28.6. The molecule has 0 radical (unpaired) electrons. The fourth-order valence-electron chi connectivity index (χ4n) is 5.86. The molecule has 1 aromatic heterocycles. The molecule has 2 atom stereocenters. The van der Waals surface area contributed by atoms with Crippen molar-refractivity contribution in [1.29, 1.82) is 0 Å². The van der Waals surface area contributed by atoms with E-state index in [0.29, 0.717) is 28.8 Å². The van der Waals surface area contributed by atoms with Gasteiger partial charge in [0.15, 0.2) is 12.4 Å². The molecule has 0 aromatic carbocycles. The lowest BCUT2D eigenvalue weighted by atomic mass is 9.49. The lowest BCUT2D eigenvalue weighted by Crippen LogP contribution is -2.53. The summed E-state index contributed by atoms with van der Waals surface area (Å²) in [6, 6.07) is 0. The fourth-order valence-corrected chi connectivity index (χ4v) is 7.76. The van der Waals surface area contributed by atoms with E-state index in [9.17, 15) is 9.59 Å². The second-order valence-electron chi connectivity index (χ2n) is 8.89. The first-order valence-electron chi connectivity index (χ1n) is 9.62. The van der Waals surface area contributed by atoms with Crippen molar-refractivity contribution in [1.82, 2.24) is 4.98 Å². The summed E-state index contributed by atoms with van der Waals surface area (Å²) < 4.78 is 5.48. The molecule has 4 fully saturated rings. The van der Waals surface area contributed by atoms with Gasteiger partial charge in [0.1, 0.15) is 0 Å². The maximum absolute atomic E-state index is 12.5. The van der Waals surface area contributed by atoms with Crippen LogP contribution in [0.1, 0.15) is 50.5 Å². The number of pyridine rings is 1. The number of nitrogens with one attached hydrogen (secondary N) is 1. The molecule has 28 heavy (non-hydrogen) atoms. The number of hydrogen-bond acceptors (Lipinski definition) is 4. The maximum Gasteiger partial charge on any atom is 0.306 e. The molecule has 4 aliphatic carbocycles. The highest BCUT2D eigenvalue weighted by Crippen LogP contribution is 2.65. The summed E-state index contributed by atoms with van der Waals surface area (Å²) >= 11 is 16.1. The van der Waals surface area contributed by atoms with Crippen LogP contribution in [0.25, 0.3) is 0 Å². The van der Waals surface area contributed by atoms with Crippen LogP contribution >= 0.6 is 39.1 Å². The highest BCUT2D eigenvalue weighted by molar-refractivity contribution is 9.10. The summed E-state index contributed by atoms with van der Waals surface area (Å²) in [6.45, 7) is 1.39. The smallest absolute Gasteiger partial charge is 0.306 e. The quantitative estimate of drug-likeness (QED) is 0.450. The van der Waals surface area contributed by atoms with Crippen molar-refractivity contribution in [2.45, 2.75) is 56.2 Å². The largest absolute Gasteiger partial charge is 0.456 e. The maximum atomic E-state index is 12.5. The van der Waals surface area contributed by atoms with Gasteiger partial charge in [-0.1, -0.05) is 39.1 Å². The zero-order valence-corrected chi connectivity index (χ0v) is 18.8. The summed E-state index contributed by atoms with van der Waals surface area (Å²) in [7, 11) is 0. The van der Waals surface area contributed by atoms with Crippen LogP contribution in [0.15, 0.2) is 6.20 Å². The molecule has 1 aromatic rings. The Labute approximate surface area is 183 Å². The van der Waals surface area contributed by atoms with E-state index in [1.165, 1.54) is 25.5 Å². The molecule has 4 bridgehead atoms. The predicted molar refractivity (Wildman–Crippen MR) is 112 cm³/mol. The van der Waals surface area contributed by atoms with Crippen LogP contribution in [0.5, 0.6) is 0 Å². The van der Waals surface area contributed by atoms with Gasteiger partial charge in [-0.2, -0.15) is 0 Å². The first-order chi connectivity index (χ1) is 13.2. The lowest BCUT2D eigenvalue weighted by molar-refractivity contribution is -0.153. The number of hydrogen-bond donors (Lipinski definition) is 1. The number of esters is 1. The van der Waals surface area contributed by atoms with E-state index in [1.54, 1.807) is 6.92 Å². The summed E-state index contributed by atoms with van der Waals surface area (Å²) in [5.74, 6) is 0.856. The Hall–Kier alpha value is -0.850. The SMILES string of the molecule is Cc1c(Cl)cnc(NC(=O)COC(=O)CC23C[C@H]4C[C@@H](CC(Br)(C4)C2)C3)c1Cl. The minimum Gasteiger partial charge on any atom is -0.456 e. The number of carbonyl (C=O) groups is 2. The van der Waals surface area contributed by atoms with E-state index < -0.39 is 5.91 Å². The van der Waals surface area contributed by atoms with Crippen molar-refractivity contribution in [3.05, 3.63) is 21.8 Å². The Morgan fingerprint density at radius 2 is 1.96 bits per heavy atom. The van der Waals surface area contributed by atoms with Crippen LogP contribution in [0, 0.1) is 24.2 Å². The van der Waals surface area contributed by atoms with Crippen molar-refractivity contribution in [2.24, 2.45) is 17.3 Å². The molecule has 4 saturated carbocycles. The Morgan fingerprint density at radius 3 is 2.61 bits per heavy atom. The van der Waals surface area contributed by atoms with E-state index in [0.717, 1.165) is 19.3 Å². The number of halogens is 3. The van der Waals surface area contributed by atoms with E-state index >= 15 is 0 Å². The Morgan fingerprint density at radius 1 is 1.29 bits per heavy atom. The predicted octanol–water partition coefficient (Wildman–Crippen LogP) is 5.30. The van der Waals surface area contributed by atoms with Gasteiger partial charge in [-0.05, 0) is 68.3 Å². The van der Waals surface area contributed by atoms with E-state index in [4.69, 9.17) is 27.9 Å². The number of nitrogens with zero attached hydrogens (tertiary/aromatic N) is 1. The third-order valence-corrected chi connectivity index (χ3v) is 8.23. The lowest BCUT2D eigenvalue weighted by Gasteiger charge is -2.60. The Balaban J connectivity index is 1.31. The Bertz CT molecular complexity index is 818. The van der Waals surface area contributed by atoms with Crippen molar-refractivity contribution in [3.63, 3.8) is 0 Å². The highest BCUT2D eigenvalue weighted by atomic mass is 79.9. The molecule has 0 saturated heterocycles. The second kappa shape index (κ2) is 7.44. The molecule has 1 heterocycles. The zero-order chi connectivity index (χ0) is 20.1. The van der Waals surface area contributed by atoms with E-state index in [-0.39, 0.29) is 33.2 Å². The van der Waals surface area contributed by atoms with Crippen molar-refractivity contribution in [2.75, 3.05) is 11.9 Å². The van der Waals surface area contributed by atoms with Crippen LogP contribution in [-0.4, -0.2) is 27.8 Å². The van der Waals surface area contributed by atoms with Gasteiger partial charge in [0, 0.05) is 10.5 Å². The van der Waals surface area contributed by atoms with Gasteiger partial charge in [-0.25, -0.2) is 4.98 Å². The minimum atomic E-state index is -0.466. The van der Waals surface area contributed by atoms with Crippen LogP contribution in [0.4, 0.5) is 5.82 Å². The molecular formula is C20H23BrCl2N2O3. The molecule has 4 aliphatic rings. The molecule has 0 unspecified atom stereocenters. The number of aromatic nitrogens is 1. The first-order valence-corrected chi connectivity index (χ1v) is 11.2. The number of amides is 1. The zero-order valence-electron chi connectivity index (χ0n) is 15.7. The number of anilines is 1. The van der Waals surface area contributed by atoms with Gasteiger partial charge >= 0.3 is 5.97 Å². The van der Waals surface area contributed by atoms with Crippen LogP contribution < -0.4 is 5.32 Å².